The average Bonchev–Trinajstić information content (AvgIpc) is 2.95. The van der Waals surface area contributed by atoms with Gasteiger partial charge in [0.2, 0.25) is 5.91 Å². The lowest BCUT2D eigenvalue weighted by Gasteiger charge is -2.22. The summed E-state index contributed by atoms with van der Waals surface area (Å²) in [5, 5.41) is 2.78. The first-order valence-electron chi connectivity index (χ1n) is 10.3. The highest BCUT2D eigenvalue weighted by Crippen LogP contribution is 2.13. The van der Waals surface area contributed by atoms with E-state index >= 15 is 0 Å². The summed E-state index contributed by atoms with van der Waals surface area (Å²) in [6.07, 6.45) is 0.947. The van der Waals surface area contributed by atoms with E-state index in [0.717, 1.165) is 43.7 Å². The highest BCUT2D eigenvalue weighted by atomic mass is 16.2. The van der Waals surface area contributed by atoms with Crippen LogP contribution in [0, 0.1) is 20.8 Å². The Bertz CT molecular complexity index is 878. The smallest absolute Gasteiger partial charge is 0.251 e. The standard InChI is InChI=1S/C24H31N3O2/c1-18-9-10-21(15-20(18)3)24(29)25-16-23(28)27-12-6-11-26(13-14-27)17-22-8-5-4-7-19(22)2/h4-5,7-10,15H,6,11-14,16-17H2,1-3H3,(H,25,29). The third-order valence-electron chi connectivity index (χ3n) is 5.77. The van der Waals surface area contributed by atoms with Crippen molar-refractivity contribution >= 4 is 11.8 Å². The van der Waals surface area contributed by atoms with Gasteiger partial charge in [0.25, 0.3) is 5.91 Å². The normalized spacial score (nSPS) is 15.1. The number of amides is 2. The minimum Gasteiger partial charge on any atom is -0.343 e. The Labute approximate surface area is 173 Å². The summed E-state index contributed by atoms with van der Waals surface area (Å²) in [4.78, 5) is 29.3. The van der Waals surface area contributed by atoms with Crippen LogP contribution in [-0.2, 0) is 11.3 Å². The highest BCUT2D eigenvalue weighted by molar-refractivity contribution is 5.96. The van der Waals surface area contributed by atoms with Crippen LogP contribution in [-0.4, -0.2) is 54.3 Å². The highest BCUT2D eigenvalue weighted by Gasteiger charge is 2.20. The second-order valence-corrected chi connectivity index (χ2v) is 7.92. The molecule has 0 saturated carbocycles. The van der Waals surface area contributed by atoms with Gasteiger partial charge in [-0.2, -0.15) is 0 Å². The lowest BCUT2D eigenvalue weighted by atomic mass is 10.1. The van der Waals surface area contributed by atoms with Crippen LogP contribution in [0.4, 0.5) is 0 Å². The van der Waals surface area contributed by atoms with Gasteiger partial charge in [-0.3, -0.25) is 14.5 Å². The van der Waals surface area contributed by atoms with E-state index in [-0.39, 0.29) is 18.4 Å². The maximum absolute atomic E-state index is 12.6. The fourth-order valence-corrected chi connectivity index (χ4v) is 3.66. The molecule has 0 bridgehead atoms. The molecule has 0 atom stereocenters. The van der Waals surface area contributed by atoms with Crippen LogP contribution in [0.1, 0.15) is 39.0 Å². The first-order valence-corrected chi connectivity index (χ1v) is 10.3. The van der Waals surface area contributed by atoms with Gasteiger partial charge in [0, 0.05) is 38.3 Å². The van der Waals surface area contributed by atoms with E-state index in [2.05, 4.69) is 41.4 Å². The molecule has 1 N–H and O–H groups in total. The van der Waals surface area contributed by atoms with Gasteiger partial charge in [0.05, 0.1) is 6.54 Å². The van der Waals surface area contributed by atoms with Crippen molar-refractivity contribution in [3.63, 3.8) is 0 Å². The lowest BCUT2D eigenvalue weighted by Crippen LogP contribution is -2.42. The molecule has 1 saturated heterocycles. The Morgan fingerprint density at radius 1 is 0.897 bits per heavy atom. The molecule has 1 aliphatic rings. The molecule has 1 heterocycles. The van der Waals surface area contributed by atoms with Gasteiger partial charge in [-0.25, -0.2) is 0 Å². The van der Waals surface area contributed by atoms with Crippen molar-refractivity contribution in [2.24, 2.45) is 0 Å². The zero-order chi connectivity index (χ0) is 20.8. The van der Waals surface area contributed by atoms with Crippen molar-refractivity contribution in [1.29, 1.82) is 0 Å². The molecule has 1 fully saturated rings. The van der Waals surface area contributed by atoms with Gasteiger partial charge in [0.15, 0.2) is 0 Å². The average molecular weight is 394 g/mol. The first kappa shape index (κ1) is 21.1. The number of nitrogens with one attached hydrogen (secondary N) is 1. The van der Waals surface area contributed by atoms with Crippen molar-refractivity contribution in [3.05, 3.63) is 70.3 Å². The number of nitrogens with zero attached hydrogens (tertiary/aromatic N) is 2. The number of aryl methyl sites for hydroxylation is 3. The van der Waals surface area contributed by atoms with Crippen LogP contribution >= 0.6 is 0 Å². The minimum atomic E-state index is -0.197. The molecule has 5 nitrogen and oxygen atoms in total. The van der Waals surface area contributed by atoms with Crippen molar-refractivity contribution in [1.82, 2.24) is 15.1 Å². The zero-order valence-corrected chi connectivity index (χ0v) is 17.7. The molecular formula is C24H31N3O2. The predicted octanol–water partition coefficient (Wildman–Crippen LogP) is 3.08. The molecule has 3 rings (SSSR count). The molecular weight excluding hydrogens is 362 g/mol. The van der Waals surface area contributed by atoms with Crippen molar-refractivity contribution in [2.45, 2.75) is 33.7 Å². The Morgan fingerprint density at radius 2 is 1.69 bits per heavy atom. The fourth-order valence-electron chi connectivity index (χ4n) is 3.66. The van der Waals surface area contributed by atoms with E-state index < -0.39 is 0 Å². The number of rotatable bonds is 5. The Morgan fingerprint density at radius 3 is 2.45 bits per heavy atom. The molecule has 154 valence electrons. The molecule has 29 heavy (non-hydrogen) atoms. The summed E-state index contributed by atoms with van der Waals surface area (Å²) in [7, 11) is 0. The number of carbonyl (C=O) groups excluding carboxylic acids is 2. The summed E-state index contributed by atoms with van der Waals surface area (Å²) >= 11 is 0. The zero-order valence-electron chi connectivity index (χ0n) is 17.7. The summed E-state index contributed by atoms with van der Waals surface area (Å²) < 4.78 is 0. The number of hydrogen-bond donors (Lipinski definition) is 1. The monoisotopic (exact) mass is 393 g/mol. The Kier molecular flexibility index (Phi) is 7.04. The molecule has 0 aliphatic carbocycles. The minimum absolute atomic E-state index is 0.0140. The van der Waals surface area contributed by atoms with Crippen LogP contribution in [0.25, 0.3) is 0 Å². The first-order chi connectivity index (χ1) is 13.9. The van der Waals surface area contributed by atoms with Crippen LogP contribution in [0.2, 0.25) is 0 Å². The molecule has 0 aromatic heterocycles. The second-order valence-electron chi connectivity index (χ2n) is 7.92. The molecule has 0 spiro atoms. The Hall–Kier alpha value is -2.66. The fraction of sp³-hybridized carbons (Fsp3) is 0.417. The third kappa shape index (κ3) is 5.67. The number of benzene rings is 2. The molecule has 2 aromatic rings. The van der Waals surface area contributed by atoms with E-state index in [1.54, 1.807) is 6.07 Å². The van der Waals surface area contributed by atoms with Gasteiger partial charge < -0.3 is 10.2 Å². The van der Waals surface area contributed by atoms with Gasteiger partial charge in [-0.1, -0.05) is 30.3 Å². The number of hydrogen-bond acceptors (Lipinski definition) is 3. The maximum Gasteiger partial charge on any atom is 0.251 e. The lowest BCUT2D eigenvalue weighted by molar-refractivity contribution is -0.130. The van der Waals surface area contributed by atoms with Crippen LogP contribution in [0.15, 0.2) is 42.5 Å². The van der Waals surface area contributed by atoms with E-state index in [1.807, 2.05) is 30.9 Å². The van der Waals surface area contributed by atoms with Gasteiger partial charge in [-0.05, 0) is 61.6 Å². The summed E-state index contributed by atoms with van der Waals surface area (Å²) in [5.74, 6) is -0.211. The van der Waals surface area contributed by atoms with E-state index in [4.69, 9.17) is 0 Å². The third-order valence-corrected chi connectivity index (χ3v) is 5.77. The summed E-state index contributed by atoms with van der Waals surface area (Å²) in [5.41, 5.74) is 5.47. The van der Waals surface area contributed by atoms with Crippen molar-refractivity contribution in [3.8, 4) is 0 Å². The van der Waals surface area contributed by atoms with E-state index in [0.29, 0.717) is 12.1 Å². The van der Waals surface area contributed by atoms with Crippen molar-refractivity contribution < 1.29 is 9.59 Å². The van der Waals surface area contributed by atoms with E-state index in [9.17, 15) is 9.59 Å². The van der Waals surface area contributed by atoms with E-state index in [1.165, 1.54) is 11.1 Å². The van der Waals surface area contributed by atoms with Crippen LogP contribution < -0.4 is 5.32 Å². The molecule has 0 radical (unpaired) electrons. The van der Waals surface area contributed by atoms with Crippen LogP contribution in [0.3, 0.4) is 0 Å². The number of carbonyl (C=O) groups is 2. The van der Waals surface area contributed by atoms with Crippen molar-refractivity contribution in [2.75, 3.05) is 32.7 Å². The van der Waals surface area contributed by atoms with Gasteiger partial charge >= 0.3 is 0 Å². The molecule has 5 heteroatoms. The SMILES string of the molecule is Cc1ccc(C(=O)NCC(=O)N2CCCN(Cc3ccccc3C)CC2)cc1C. The largest absolute Gasteiger partial charge is 0.343 e. The van der Waals surface area contributed by atoms with Gasteiger partial charge in [0.1, 0.15) is 0 Å². The molecule has 2 amide bonds. The summed E-state index contributed by atoms with van der Waals surface area (Å²) in [6, 6.07) is 14.1. The summed E-state index contributed by atoms with van der Waals surface area (Å²) in [6.45, 7) is 10.4. The molecule has 2 aromatic carbocycles. The van der Waals surface area contributed by atoms with Gasteiger partial charge in [-0.15, -0.1) is 0 Å². The topological polar surface area (TPSA) is 52.7 Å². The maximum atomic E-state index is 12.6. The Balaban J connectivity index is 1.49. The van der Waals surface area contributed by atoms with Crippen LogP contribution in [0.5, 0.6) is 0 Å². The molecule has 1 aliphatic heterocycles. The second kappa shape index (κ2) is 9.70. The predicted molar refractivity (Wildman–Crippen MR) is 116 cm³/mol. The molecule has 0 unspecified atom stereocenters. The quantitative estimate of drug-likeness (QED) is 0.849.